The van der Waals surface area contributed by atoms with Crippen molar-refractivity contribution in [3.63, 3.8) is 0 Å². The lowest BCUT2D eigenvalue weighted by Gasteiger charge is -2.42. The first-order valence-corrected chi connectivity index (χ1v) is 6.49. The Bertz CT molecular complexity index is 337. The molecular weight excluding hydrogens is 210 g/mol. The van der Waals surface area contributed by atoms with Crippen LogP contribution in [0.4, 0.5) is 0 Å². The summed E-state index contributed by atoms with van der Waals surface area (Å²) in [6.07, 6.45) is 1.88. The molecule has 3 heteroatoms. The van der Waals surface area contributed by atoms with Crippen LogP contribution < -0.4 is 0 Å². The summed E-state index contributed by atoms with van der Waals surface area (Å²) >= 11 is 0. The van der Waals surface area contributed by atoms with Crippen molar-refractivity contribution in [2.24, 2.45) is 5.92 Å². The standard InChI is InChI=1S/C14H23N3/c1-12(2)14-11-16(3)8-9-17(14)10-13-6-4-5-7-15-13/h4-7,12,14H,8-11H2,1-3H3/t14-/m0/s1. The second-order valence-corrected chi connectivity index (χ2v) is 5.37. The molecule has 2 heterocycles. The van der Waals surface area contributed by atoms with Gasteiger partial charge in [-0.25, -0.2) is 0 Å². The van der Waals surface area contributed by atoms with Gasteiger partial charge < -0.3 is 4.90 Å². The van der Waals surface area contributed by atoms with Gasteiger partial charge in [0.25, 0.3) is 0 Å². The van der Waals surface area contributed by atoms with Crippen LogP contribution in [0.2, 0.25) is 0 Å². The number of rotatable bonds is 3. The SMILES string of the molecule is CC(C)[C@@H]1CN(C)CCN1Cc1ccccn1. The van der Waals surface area contributed by atoms with Crippen molar-refractivity contribution in [1.82, 2.24) is 14.8 Å². The monoisotopic (exact) mass is 233 g/mol. The minimum absolute atomic E-state index is 0.649. The molecule has 1 aliphatic heterocycles. The number of piperazine rings is 1. The molecule has 0 N–H and O–H groups in total. The molecule has 1 aromatic heterocycles. The van der Waals surface area contributed by atoms with E-state index in [2.05, 4.69) is 47.8 Å². The molecule has 17 heavy (non-hydrogen) atoms. The quantitative estimate of drug-likeness (QED) is 0.794. The molecule has 0 aromatic carbocycles. The first-order valence-electron chi connectivity index (χ1n) is 6.49. The molecule has 0 amide bonds. The zero-order chi connectivity index (χ0) is 12.3. The topological polar surface area (TPSA) is 19.4 Å². The fourth-order valence-corrected chi connectivity index (χ4v) is 2.52. The molecule has 2 rings (SSSR count). The second-order valence-electron chi connectivity index (χ2n) is 5.37. The van der Waals surface area contributed by atoms with Crippen molar-refractivity contribution >= 4 is 0 Å². The minimum Gasteiger partial charge on any atom is -0.304 e. The molecule has 0 aliphatic carbocycles. The Morgan fingerprint density at radius 1 is 1.35 bits per heavy atom. The van der Waals surface area contributed by atoms with Gasteiger partial charge in [-0.3, -0.25) is 9.88 Å². The van der Waals surface area contributed by atoms with Crippen LogP contribution in [0, 0.1) is 5.92 Å². The van der Waals surface area contributed by atoms with Crippen LogP contribution in [-0.4, -0.2) is 47.5 Å². The molecule has 0 radical (unpaired) electrons. The Balaban J connectivity index is 2.03. The number of aromatic nitrogens is 1. The van der Waals surface area contributed by atoms with Gasteiger partial charge in [-0.05, 0) is 25.1 Å². The van der Waals surface area contributed by atoms with Crippen molar-refractivity contribution in [3.05, 3.63) is 30.1 Å². The van der Waals surface area contributed by atoms with Gasteiger partial charge in [0.2, 0.25) is 0 Å². The highest BCUT2D eigenvalue weighted by atomic mass is 15.3. The molecule has 0 saturated carbocycles. The van der Waals surface area contributed by atoms with Gasteiger partial charge in [0, 0.05) is 38.4 Å². The zero-order valence-corrected chi connectivity index (χ0v) is 11.1. The Hall–Kier alpha value is -0.930. The third kappa shape index (κ3) is 3.27. The van der Waals surface area contributed by atoms with Gasteiger partial charge in [-0.1, -0.05) is 19.9 Å². The van der Waals surface area contributed by atoms with Crippen LogP contribution in [0.1, 0.15) is 19.5 Å². The third-order valence-electron chi connectivity index (χ3n) is 3.60. The zero-order valence-electron chi connectivity index (χ0n) is 11.1. The lowest BCUT2D eigenvalue weighted by atomic mass is 9.99. The van der Waals surface area contributed by atoms with Crippen LogP contribution >= 0.6 is 0 Å². The van der Waals surface area contributed by atoms with Crippen molar-refractivity contribution in [2.75, 3.05) is 26.7 Å². The Morgan fingerprint density at radius 3 is 2.82 bits per heavy atom. The summed E-state index contributed by atoms with van der Waals surface area (Å²) in [6.45, 7) is 9.10. The predicted molar refractivity (Wildman–Crippen MR) is 70.8 cm³/mol. The summed E-state index contributed by atoms with van der Waals surface area (Å²) in [5, 5.41) is 0. The van der Waals surface area contributed by atoms with Gasteiger partial charge in [0.05, 0.1) is 5.69 Å². The predicted octanol–water partition coefficient (Wildman–Crippen LogP) is 1.85. The molecule has 94 valence electrons. The van der Waals surface area contributed by atoms with Crippen molar-refractivity contribution in [2.45, 2.75) is 26.4 Å². The summed E-state index contributed by atoms with van der Waals surface area (Å²) in [4.78, 5) is 9.44. The van der Waals surface area contributed by atoms with E-state index in [1.54, 1.807) is 0 Å². The van der Waals surface area contributed by atoms with E-state index in [9.17, 15) is 0 Å². The average molecular weight is 233 g/mol. The second kappa shape index (κ2) is 5.61. The molecular formula is C14H23N3. The Kier molecular flexibility index (Phi) is 4.13. The number of hydrogen-bond donors (Lipinski definition) is 0. The van der Waals surface area contributed by atoms with Gasteiger partial charge in [-0.15, -0.1) is 0 Å². The van der Waals surface area contributed by atoms with E-state index in [4.69, 9.17) is 0 Å². The van der Waals surface area contributed by atoms with E-state index >= 15 is 0 Å². The van der Waals surface area contributed by atoms with E-state index in [0.717, 1.165) is 19.6 Å². The molecule has 3 nitrogen and oxygen atoms in total. The highest BCUT2D eigenvalue weighted by Crippen LogP contribution is 2.18. The highest BCUT2D eigenvalue weighted by Gasteiger charge is 2.27. The van der Waals surface area contributed by atoms with Crippen LogP contribution in [0.25, 0.3) is 0 Å². The maximum Gasteiger partial charge on any atom is 0.0544 e. The number of hydrogen-bond acceptors (Lipinski definition) is 3. The molecule has 1 atom stereocenters. The molecule has 0 unspecified atom stereocenters. The molecule has 1 saturated heterocycles. The normalized spacial score (nSPS) is 23.2. The summed E-state index contributed by atoms with van der Waals surface area (Å²) in [5.74, 6) is 0.696. The van der Waals surface area contributed by atoms with Crippen molar-refractivity contribution in [3.8, 4) is 0 Å². The van der Waals surface area contributed by atoms with Gasteiger partial charge in [0.15, 0.2) is 0 Å². The average Bonchev–Trinajstić information content (AvgIpc) is 2.32. The van der Waals surface area contributed by atoms with Crippen LogP contribution in [0.3, 0.4) is 0 Å². The Morgan fingerprint density at radius 2 is 2.18 bits per heavy atom. The molecule has 0 spiro atoms. The van der Waals surface area contributed by atoms with Gasteiger partial charge >= 0.3 is 0 Å². The molecule has 1 aliphatic rings. The summed E-state index contributed by atoms with van der Waals surface area (Å²) in [7, 11) is 2.22. The molecule has 1 aromatic rings. The third-order valence-corrected chi connectivity index (χ3v) is 3.60. The van der Waals surface area contributed by atoms with E-state index in [1.807, 2.05) is 12.3 Å². The first-order chi connectivity index (χ1) is 8.16. The van der Waals surface area contributed by atoms with Crippen LogP contribution in [0.5, 0.6) is 0 Å². The Labute approximate surface area is 104 Å². The van der Waals surface area contributed by atoms with Crippen LogP contribution in [0.15, 0.2) is 24.4 Å². The van der Waals surface area contributed by atoms with Gasteiger partial charge in [-0.2, -0.15) is 0 Å². The number of likely N-dealkylation sites (N-methyl/N-ethyl adjacent to an activating group) is 1. The fraction of sp³-hybridized carbons (Fsp3) is 0.643. The van der Waals surface area contributed by atoms with E-state index in [0.29, 0.717) is 12.0 Å². The van der Waals surface area contributed by atoms with Crippen molar-refractivity contribution < 1.29 is 0 Å². The lowest BCUT2D eigenvalue weighted by molar-refractivity contribution is 0.0561. The molecule has 1 fully saturated rings. The summed E-state index contributed by atoms with van der Waals surface area (Å²) < 4.78 is 0. The lowest BCUT2D eigenvalue weighted by Crippen LogP contribution is -2.53. The number of pyridine rings is 1. The van der Waals surface area contributed by atoms with Gasteiger partial charge in [0.1, 0.15) is 0 Å². The largest absolute Gasteiger partial charge is 0.304 e. The highest BCUT2D eigenvalue weighted by molar-refractivity contribution is 5.04. The van der Waals surface area contributed by atoms with Crippen molar-refractivity contribution in [1.29, 1.82) is 0 Å². The van der Waals surface area contributed by atoms with E-state index in [1.165, 1.54) is 12.2 Å². The summed E-state index contributed by atoms with van der Waals surface area (Å²) in [6, 6.07) is 6.82. The van der Waals surface area contributed by atoms with E-state index < -0.39 is 0 Å². The maximum absolute atomic E-state index is 4.43. The number of nitrogens with zero attached hydrogens (tertiary/aromatic N) is 3. The first kappa shape index (κ1) is 12.5. The summed E-state index contributed by atoms with van der Waals surface area (Å²) in [5.41, 5.74) is 1.18. The fourth-order valence-electron chi connectivity index (χ4n) is 2.52. The van der Waals surface area contributed by atoms with Crippen LogP contribution in [-0.2, 0) is 6.54 Å². The molecule has 0 bridgehead atoms. The van der Waals surface area contributed by atoms with E-state index in [-0.39, 0.29) is 0 Å². The maximum atomic E-state index is 4.43. The minimum atomic E-state index is 0.649. The smallest absolute Gasteiger partial charge is 0.0544 e.